The normalized spacial score (nSPS) is 10.5. The summed E-state index contributed by atoms with van der Waals surface area (Å²) in [6.07, 6.45) is 1.52. The molecule has 21 heavy (non-hydrogen) atoms. The number of H-pyrrole nitrogens is 1. The average Bonchev–Trinajstić information content (AvgIpc) is 2.93. The zero-order valence-corrected chi connectivity index (χ0v) is 11.3. The quantitative estimate of drug-likeness (QED) is 0.726. The lowest BCUT2D eigenvalue weighted by Crippen LogP contribution is -2.05. The van der Waals surface area contributed by atoms with Crippen molar-refractivity contribution in [1.82, 2.24) is 4.98 Å². The molecule has 0 bridgehead atoms. The van der Waals surface area contributed by atoms with Gasteiger partial charge in [0.25, 0.3) is 0 Å². The van der Waals surface area contributed by atoms with Gasteiger partial charge in [-0.25, -0.2) is 4.39 Å². The van der Waals surface area contributed by atoms with Gasteiger partial charge in [-0.2, -0.15) is 5.26 Å². The summed E-state index contributed by atoms with van der Waals surface area (Å²) in [6, 6.07) is 11.9. The minimum Gasteiger partial charge on any atom is -0.360 e. The molecule has 2 aromatic carbocycles. The highest BCUT2D eigenvalue weighted by Gasteiger charge is 2.20. The van der Waals surface area contributed by atoms with Crippen molar-refractivity contribution in [2.45, 2.75) is 6.92 Å². The fourth-order valence-electron chi connectivity index (χ4n) is 2.42. The van der Waals surface area contributed by atoms with Crippen molar-refractivity contribution in [1.29, 1.82) is 5.26 Å². The van der Waals surface area contributed by atoms with Crippen LogP contribution < -0.4 is 0 Å². The Kier molecular flexibility index (Phi) is 3.03. The number of rotatable bonds is 2. The Morgan fingerprint density at radius 2 is 1.95 bits per heavy atom. The number of carbonyl (C=O) groups is 1. The van der Waals surface area contributed by atoms with Gasteiger partial charge in [-0.1, -0.05) is 18.2 Å². The van der Waals surface area contributed by atoms with Gasteiger partial charge in [-0.3, -0.25) is 4.79 Å². The highest BCUT2D eigenvalue weighted by molar-refractivity contribution is 6.17. The second-order valence-corrected chi connectivity index (χ2v) is 4.81. The minimum absolute atomic E-state index is 0.0173. The molecule has 0 amide bonds. The van der Waals surface area contributed by atoms with Crippen LogP contribution in [0.5, 0.6) is 0 Å². The minimum atomic E-state index is -0.522. The van der Waals surface area contributed by atoms with E-state index < -0.39 is 11.6 Å². The van der Waals surface area contributed by atoms with Crippen LogP contribution in [0.4, 0.5) is 4.39 Å². The van der Waals surface area contributed by atoms with Gasteiger partial charge in [-0.15, -0.1) is 0 Å². The number of fused-ring (bicyclic) bond motifs is 1. The SMILES string of the molecule is Cc1cccc(C(=O)c2c[nH]c3cccc(C#N)c23)c1F. The van der Waals surface area contributed by atoms with E-state index in [1.165, 1.54) is 12.3 Å². The average molecular weight is 278 g/mol. The van der Waals surface area contributed by atoms with Crippen LogP contribution in [0.1, 0.15) is 27.0 Å². The number of halogens is 1. The first-order valence-electron chi connectivity index (χ1n) is 6.43. The van der Waals surface area contributed by atoms with Crippen LogP contribution in [0.3, 0.4) is 0 Å². The molecule has 1 aromatic heterocycles. The molecule has 3 nitrogen and oxygen atoms in total. The number of aryl methyl sites for hydroxylation is 1. The van der Waals surface area contributed by atoms with Gasteiger partial charge in [0, 0.05) is 22.7 Å². The molecule has 0 spiro atoms. The number of nitrogens with one attached hydrogen (secondary N) is 1. The molecule has 0 aliphatic carbocycles. The number of benzene rings is 2. The monoisotopic (exact) mass is 278 g/mol. The van der Waals surface area contributed by atoms with Gasteiger partial charge in [0.15, 0.2) is 5.78 Å². The largest absolute Gasteiger partial charge is 0.360 e. The molecule has 1 heterocycles. The Morgan fingerprint density at radius 3 is 2.71 bits per heavy atom. The van der Waals surface area contributed by atoms with Crippen LogP contribution in [0.2, 0.25) is 0 Å². The molecule has 102 valence electrons. The molecule has 0 unspecified atom stereocenters. The number of nitrogens with zero attached hydrogens (tertiary/aromatic N) is 1. The topological polar surface area (TPSA) is 56.6 Å². The molecule has 0 saturated carbocycles. The summed E-state index contributed by atoms with van der Waals surface area (Å²) in [6.45, 7) is 1.61. The second kappa shape index (κ2) is 4.88. The van der Waals surface area contributed by atoms with Crippen molar-refractivity contribution in [2.75, 3.05) is 0 Å². The predicted molar refractivity (Wildman–Crippen MR) is 77.6 cm³/mol. The van der Waals surface area contributed by atoms with E-state index in [2.05, 4.69) is 11.1 Å². The fraction of sp³-hybridized carbons (Fsp3) is 0.0588. The van der Waals surface area contributed by atoms with Crippen LogP contribution in [-0.4, -0.2) is 10.8 Å². The van der Waals surface area contributed by atoms with Crippen molar-refractivity contribution in [2.24, 2.45) is 0 Å². The number of ketones is 1. The van der Waals surface area contributed by atoms with Crippen molar-refractivity contribution < 1.29 is 9.18 Å². The highest BCUT2D eigenvalue weighted by atomic mass is 19.1. The lowest BCUT2D eigenvalue weighted by Gasteiger charge is -2.04. The lowest BCUT2D eigenvalue weighted by molar-refractivity contribution is 0.103. The zero-order chi connectivity index (χ0) is 15.0. The molecule has 3 aromatic rings. The third kappa shape index (κ3) is 2.00. The van der Waals surface area contributed by atoms with Crippen LogP contribution in [0.25, 0.3) is 10.9 Å². The van der Waals surface area contributed by atoms with Crippen molar-refractivity contribution >= 4 is 16.7 Å². The fourth-order valence-corrected chi connectivity index (χ4v) is 2.42. The zero-order valence-electron chi connectivity index (χ0n) is 11.3. The van der Waals surface area contributed by atoms with E-state index in [4.69, 9.17) is 0 Å². The summed E-state index contributed by atoms with van der Waals surface area (Å²) < 4.78 is 14.1. The number of aromatic nitrogens is 1. The van der Waals surface area contributed by atoms with E-state index >= 15 is 0 Å². The summed E-state index contributed by atoms with van der Waals surface area (Å²) in [5, 5.41) is 9.71. The maximum absolute atomic E-state index is 14.1. The summed E-state index contributed by atoms with van der Waals surface area (Å²) in [5.74, 6) is -0.948. The van der Waals surface area contributed by atoms with Gasteiger partial charge in [0.2, 0.25) is 0 Å². The molecule has 0 atom stereocenters. The Balaban J connectivity index is 2.24. The van der Waals surface area contributed by atoms with Crippen LogP contribution in [0, 0.1) is 24.1 Å². The third-order valence-electron chi connectivity index (χ3n) is 3.51. The first-order valence-corrected chi connectivity index (χ1v) is 6.43. The molecular weight excluding hydrogens is 267 g/mol. The molecular formula is C17H11FN2O. The molecule has 0 aliphatic rings. The van der Waals surface area contributed by atoms with Crippen LogP contribution >= 0.6 is 0 Å². The highest BCUT2D eigenvalue weighted by Crippen LogP contribution is 2.25. The van der Waals surface area contributed by atoms with E-state index in [-0.39, 0.29) is 5.56 Å². The van der Waals surface area contributed by atoms with Crippen LogP contribution in [0.15, 0.2) is 42.6 Å². The first-order chi connectivity index (χ1) is 10.1. The molecule has 0 aliphatic heterocycles. The Labute approximate surface area is 120 Å². The Hall–Kier alpha value is -2.93. The molecule has 0 saturated heterocycles. The lowest BCUT2D eigenvalue weighted by atomic mass is 9.98. The number of aromatic amines is 1. The third-order valence-corrected chi connectivity index (χ3v) is 3.51. The van der Waals surface area contributed by atoms with Gasteiger partial charge < -0.3 is 4.98 Å². The standard InChI is InChI=1S/C17H11FN2O/c1-10-4-2-6-12(16(10)18)17(21)13-9-20-14-7-3-5-11(8-19)15(13)14/h2-7,9,20H,1H3. The maximum Gasteiger partial charge on any atom is 0.198 e. The van der Waals surface area contributed by atoms with E-state index in [0.29, 0.717) is 27.6 Å². The summed E-state index contributed by atoms with van der Waals surface area (Å²) in [7, 11) is 0. The predicted octanol–water partition coefficient (Wildman–Crippen LogP) is 3.72. The number of hydrogen-bond acceptors (Lipinski definition) is 2. The van der Waals surface area contributed by atoms with Crippen LogP contribution in [-0.2, 0) is 0 Å². The summed E-state index contributed by atoms with van der Waals surface area (Å²) >= 11 is 0. The molecule has 3 rings (SSSR count). The van der Waals surface area contributed by atoms with Gasteiger partial charge in [0.05, 0.1) is 17.2 Å². The van der Waals surface area contributed by atoms with E-state index in [0.717, 1.165) is 0 Å². The Morgan fingerprint density at radius 1 is 1.19 bits per heavy atom. The van der Waals surface area contributed by atoms with Crippen molar-refractivity contribution in [3.8, 4) is 6.07 Å². The summed E-state index contributed by atoms with van der Waals surface area (Å²) in [4.78, 5) is 15.5. The van der Waals surface area contributed by atoms with E-state index in [1.807, 2.05) is 0 Å². The van der Waals surface area contributed by atoms with Gasteiger partial charge >= 0.3 is 0 Å². The molecule has 4 heteroatoms. The number of hydrogen-bond donors (Lipinski definition) is 1. The first kappa shape index (κ1) is 13.1. The van der Waals surface area contributed by atoms with Gasteiger partial charge in [-0.05, 0) is 30.7 Å². The molecule has 1 N–H and O–H groups in total. The second-order valence-electron chi connectivity index (χ2n) is 4.81. The maximum atomic E-state index is 14.1. The van der Waals surface area contributed by atoms with Crippen molar-refractivity contribution in [3.63, 3.8) is 0 Å². The van der Waals surface area contributed by atoms with Crippen molar-refractivity contribution in [3.05, 3.63) is 70.7 Å². The smallest absolute Gasteiger partial charge is 0.198 e. The number of nitriles is 1. The summed E-state index contributed by atoms with van der Waals surface area (Å²) in [5.41, 5.74) is 1.83. The van der Waals surface area contributed by atoms with Gasteiger partial charge in [0.1, 0.15) is 5.82 Å². The molecule has 0 fully saturated rings. The van der Waals surface area contributed by atoms with E-state index in [1.54, 1.807) is 37.3 Å². The molecule has 0 radical (unpaired) electrons. The van der Waals surface area contributed by atoms with E-state index in [9.17, 15) is 14.4 Å². The number of carbonyl (C=O) groups excluding carboxylic acids is 1. The Bertz CT molecular complexity index is 903.